The Kier molecular flexibility index (Phi) is 5.30. The average Bonchev–Trinajstić information content (AvgIpc) is 3.33. The minimum absolute atomic E-state index is 0.0972. The lowest BCUT2D eigenvalue weighted by molar-refractivity contribution is -0.132. The molecule has 4 rings (SSSR count). The number of nitrogens with zero attached hydrogens (tertiary/aromatic N) is 3. The van der Waals surface area contributed by atoms with Crippen LogP contribution in [0.15, 0.2) is 53.1 Å². The van der Waals surface area contributed by atoms with E-state index in [0.717, 1.165) is 16.9 Å². The molecule has 0 spiro atoms. The summed E-state index contributed by atoms with van der Waals surface area (Å²) >= 11 is 5.97. The van der Waals surface area contributed by atoms with Crippen LogP contribution in [0.25, 0.3) is 11.4 Å². The summed E-state index contributed by atoms with van der Waals surface area (Å²) in [5.74, 6) is 0.250. The van der Waals surface area contributed by atoms with Crippen molar-refractivity contribution in [3.05, 3.63) is 70.6 Å². The Bertz CT molecular complexity index is 1080. The first-order valence-corrected chi connectivity index (χ1v) is 10.2. The Labute approximate surface area is 179 Å². The van der Waals surface area contributed by atoms with E-state index in [1.165, 1.54) is 5.56 Å². The summed E-state index contributed by atoms with van der Waals surface area (Å²) in [6.07, 6.45) is 1.34. The van der Waals surface area contributed by atoms with E-state index in [4.69, 9.17) is 16.1 Å². The number of aryl methyl sites for hydroxylation is 1. The molecular weight excluding hydrogens is 404 g/mol. The van der Waals surface area contributed by atoms with Crippen LogP contribution >= 0.6 is 11.6 Å². The Morgan fingerprint density at radius 1 is 1.07 bits per heavy atom. The predicted octanol–water partition coefficient (Wildman–Crippen LogP) is 4.31. The summed E-state index contributed by atoms with van der Waals surface area (Å²) in [7, 11) is 0. The Morgan fingerprint density at radius 2 is 1.77 bits per heavy atom. The van der Waals surface area contributed by atoms with Crippen LogP contribution in [0.2, 0.25) is 5.02 Å². The molecule has 2 heterocycles. The number of carbonyl (C=O) groups excluding carboxylic acids is 2. The monoisotopic (exact) mass is 424 g/mol. The average molecular weight is 425 g/mol. The lowest BCUT2D eigenvalue weighted by Crippen LogP contribution is -2.43. The van der Waals surface area contributed by atoms with E-state index in [9.17, 15) is 9.59 Å². The number of hydrogen-bond donors (Lipinski definition) is 1. The number of carbonyl (C=O) groups is 2. The fraction of sp³-hybridized carbons (Fsp3) is 0.273. The number of hydrogen-bond acceptors (Lipinski definition) is 5. The van der Waals surface area contributed by atoms with Gasteiger partial charge in [-0.05, 0) is 36.1 Å². The van der Waals surface area contributed by atoms with E-state index >= 15 is 0 Å². The van der Waals surface area contributed by atoms with Gasteiger partial charge in [-0.3, -0.25) is 9.69 Å². The second kappa shape index (κ2) is 7.91. The number of urea groups is 1. The van der Waals surface area contributed by atoms with Crippen LogP contribution < -0.4 is 5.32 Å². The van der Waals surface area contributed by atoms with Crippen LogP contribution in [0.4, 0.5) is 4.79 Å². The van der Waals surface area contributed by atoms with Crippen LogP contribution in [0.1, 0.15) is 37.3 Å². The lowest BCUT2D eigenvalue weighted by atomic mass is 9.87. The molecule has 3 aromatic rings. The molecule has 1 saturated heterocycles. The van der Waals surface area contributed by atoms with E-state index < -0.39 is 11.6 Å². The van der Waals surface area contributed by atoms with Gasteiger partial charge < -0.3 is 9.84 Å². The van der Waals surface area contributed by atoms with Crippen molar-refractivity contribution in [2.75, 3.05) is 0 Å². The number of benzene rings is 2. The molecule has 1 aromatic heterocycles. The maximum atomic E-state index is 13.2. The first-order chi connectivity index (χ1) is 14.5. The topological polar surface area (TPSA) is 88.3 Å². The van der Waals surface area contributed by atoms with Crippen LogP contribution in [-0.4, -0.2) is 27.0 Å². The highest BCUT2D eigenvalue weighted by atomic mass is 35.5. The van der Waals surface area contributed by atoms with Crippen molar-refractivity contribution in [2.24, 2.45) is 0 Å². The maximum absolute atomic E-state index is 13.2. The number of amides is 3. The number of nitrogens with one attached hydrogen (secondary N) is 1. The van der Waals surface area contributed by atoms with Gasteiger partial charge in [0.15, 0.2) is 0 Å². The van der Waals surface area contributed by atoms with Gasteiger partial charge in [-0.2, -0.15) is 4.98 Å². The van der Waals surface area contributed by atoms with Crippen molar-refractivity contribution >= 4 is 23.5 Å². The van der Waals surface area contributed by atoms with Gasteiger partial charge >= 0.3 is 6.03 Å². The lowest BCUT2D eigenvalue weighted by Gasteiger charge is -2.25. The summed E-state index contributed by atoms with van der Waals surface area (Å²) in [5, 5.41) is 7.38. The molecule has 3 amide bonds. The summed E-state index contributed by atoms with van der Waals surface area (Å²) in [6, 6.07) is 14.2. The van der Waals surface area contributed by atoms with E-state index in [0.29, 0.717) is 22.8 Å². The molecule has 1 fully saturated rings. The van der Waals surface area contributed by atoms with E-state index in [2.05, 4.69) is 22.4 Å². The van der Waals surface area contributed by atoms with Crippen LogP contribution in [0.3, 0.4) is 0 Å². The first-order valence-electron chi connectivity index (χ1n) is 9.79. The molecule has 1 aliphatic rings. The minimum Gasteiger partial charge on any atom is -0.337 e. The fourth-order valence-electron chi connectivity index (χ4n) is 3.60. The molecular formula is C22H21ClN4O3. The molecule has 0 bridgehead atoms. The zero-order valence-electron chi connectivity index (χ0n) is 16.7. The second-order valence-electron chi connectivity index (χ2n) is 7.15. The van der Waals surface area contributed by atoms with Crippen molar-refractivity contribution in [3.63, 3.8) is 0 Å². The molecule has 154 valence electrons. The van der Waals surface area contributed by atoms with Gasteiger partial charge in [0.25, 0.3) is 5.91 Å². The summed E-state index contributed by atoms with van der Waals surface area (Å²) in [5.41, 5.74) is 1.56. The van der Waals surface area contributed by atoms with Gasteiger partial charge in [-0.1, -0.05) is 67.0 Å². The van der Waals surface area contributed by atoms with Gasteiger partial charge in [0.05, 0.1) is 0 Å². The number of rotatable bonds is 6. The minimum atomic E-state index is -1.14. The van der Waals surface area contributed by atoms with Gasteiger partial charge in [0, 0.05) is 10.6 Å². The summed E-state index contributed by atoms with van der Waals surface area (Å²) in [4.78, 5) is 31.3. The molecule has 2 aromatic carbocycles. The van der Waals surface area contributed by atoms with Crippen LogP contribution in [0.5, 0.6) is 0 Å². The third-order valence-corrected chi connectivity index (χ3v) is 5.68. The van der Waals surface area contributed by atoms with Crippen molar-refractivity contribution in [3.8, 4) is 11.4 Å². The number of aromatic nitrogens is 2. The number of imide groups is 1. The van der Waals surface area contributed by atoms with Crippen molar-refractivity contribution in [1.29, 1.82) is 0 Å². The van der Waals surface area contributed by atoms with Gasteiger partial charge in [0.2, 0.25) is 11.7 Å². The molecule has 30 heavy (non-hydrogen) atoms. The maximum Gasteiger partial charge on any atom is 0.325 e. The SMILES string of the molecule is CCc1ccc(-c2noc(CN3C(=O)NC(CC)(c4ccc(Cl)cc4)C3=O)n2)cc1. The standard InChI is InChI=1S/C22H21ClN4O3/c1-3-14-5-7-15(8-6-14)19-24-18(30-26-19)13-27-20(28)22(4-2,25-21(27)29)16-9-11-17(23)12-10-16/h5-12H,3-4,13H2,1-2H3,(H,25,29). The molecule has 0 saturated carbocycles. The zero-order chi connectivity index (χ0) is 21.3. The predicted molar refractivity (Wildman–Crippen MR) is 112 cm³/mol. The van der Waals surface area contributed by atoms with Crippen LogP contribution in [-0.2, 0) is 23.3 Å². The molecule has 7 nitrogen and oxygen atoms in total. The molecule has 0 radical (unpaired) electrons. The van der Waals surface area contributed by atoms with Gasteiger partial charge in [-0.25, -0.2) is 4.79 Å². The van der Waals surface area contributed by atoms with Crippen molar-refractivity contribution in [2.45, 2.75) is 38.8 Å². The Morgan fingerprint density at radius 3 is 2.40 bits per heavy atom. The van der Waals surface area contributed by atoms with Crippen molar-refractivity contribution < 1.29 is 14.1 Å². The molecule has 1 aliphatic heterocycles. The molecule has 1 atom stereocenters. The van der Waals surface area contributed by atoms with E-state index in [1.807, 2.05) is 31.2 Å². The highest BCUT2D eigenvalue weighted by Crippen LogP contribution is 2.33. The summed E-state index contributed by atoms with van der Waals surface area (Å²) < 4.78 is 5.31. The third kappa shape index (κ3) is 3.45. The Balaban J connectivity index is 1.56. The highest BCUT2D eigenvalue weighted by Gasteiger charge is 2.51. The fourth-order valence-corrected chi connectivity index (χ4v) is 3.73. The molecule has 1 unspecified atom stereocenters. The highest BCUT2D eigenvalue weighted by molar-refractivity contribution is 6.30. The smallest absolute Gasteiger partial charge is 0.325 e. The molecule has 8 heteroatoms. The van der Waals surface area contributed by atoms with E-state index in [1.54, 1.807) is 24.3 Å². The number of halogens is 1. The van der Waals surface area contributed by atoms with Crippen LogP contribution in [0, 0.1) is 0 Å². The second-order valence-corrected chi connectivity index (χ2v) is 7.59. The zero-order valence-corrected chi connectivity index (χ0v) is 17.4. The molecule has 0 aliphatic carbocycles. The third-order valence-electron chi connectivity index (χ3n) is 5.42. The largest absolute Gasteiger partial charge is 0.337 e. The summed E-state index contributed by atoms with van der Waals surface area (Å²) in [6.45, 7) is 3.83. The first kappa shape index (κ1) is 20.1. The van der Waals surface area contributed by atoms with E-state index in [-0.39, 0.29) is 18.3 Å². The normalized spacial score (nSPS) is 18.7. The quantitative estimate of drug-likeness (QED) is 0.595. The van der Waals surface area contributed by atoms with Gasteiger partial charge in [-0.15, -0.1) is 0 Å². The van der Waals surface area contributed by atoms with Gasteiger partial charge in [0.1, 0.15) is 12.1 Å². The Hall–Kier alpha value is -3.19. The van der Waals surface area contributed by atoms with Crippen molar-refractivity contribution in [1.82, 2.24) is 20.4 Å². The molecule has 1 N–H and O–H groups in total.